The molecule has 2 rings (SSSR count). The van der Waals surface area contributed by atoms with Crippen molar-refractivity contribution in [2.75, 3.05) is 13.2 Å². The lowest BCUT2D eigenvalue weighted by Gasteiger charge is -2.18. The molecular formula is C17H24N2O. The lowest BCUT2D eigenvalue weighted by atomic mass is 10.1. The smallest absolute Gasteiger partial charge is 0.121 e. The van der Waals surface area contributed by atoms with Gasteiger partial charge in [-0.25, -0.2) is 0 Å². The lowest BCUT2D eigenvalue weighted by molar-refractivity contribution is 0.256. The summed E-state index contributed by atoms with van der Waals surface area (Å²) in [6.45, 7) is 6.16. The van der Waals surface area contributed by atoms with Gasteiger partial charge in [-0.3, -0.25) is 4.98 Å². The summed E-state index contributed by atoms with van der Waals surface area (Å²) in [6.07, 6.45) is 5.28. The molecule has 0 aliphatic carbocycles. The Hall–Kier alpha value is -1.61. The van der Waals surface area contributed by atoms with Crippen LogP contribution < -0.4 is 10.1 Å². The maximum atomic E-state index is 5.92. The Morgan fingerprint density at radius 2 is 2.10 bits per heavy atom. The molecular weight excluding hydrogens is 248 g/mol. The van der Waals surface area contributed by atoms with Gasteiger partial charge in [0, 0.05) is 23.7 Å². The normalized spacial score (nSPS) is 12.5. The van der Waals surface area contributed by atoms with Crippen molar-refractivity contribution in [3.63, 3.8) is 0 Å². The van der Waals surface area contributed by atoms with E-state index >= 15 is 0 Å². The highest BCUT2D eigenvalue weighted by molar-refractivity contribution is 5.79. The third-order valence-corrected chi connectivity index (χ3v) is 3.35. The fourth-order valence-electron chi connectivity index (χ4n) is 2.27. The van der Waals surface area contributed by atoms with Crippen LogP contribution in [0.3, 0.4) is 0 Å². The maximum Gasteiger partial charge on any atom is 0.121 e. The molecule has 3 nitrogen and oxygen atoms in total. The summed E-state index contributed by atoms with van der Waals surface area (Å²) >= 11 is 0. The van der Waals surface area contributed by atoms with Crippen molar-refractivity contribution >= 4 is 10.9 Å². The molecule has 2 aromatic rings. The van der Waals surface area contributed by atoms with Crippen LogP contribution in [0.15, 0.2) is 36.5 Å². The Labute approximate surface area is 121 Å². The van der Waals surface area contributed by atoms with Crippen LogP contribution >= 0.6 is 0 Å². The number of rotatable bonds is 8. The third kappa shape index (κ3) is 4.20. The standard InChI is InChI=1S/C17H24N2O/c1-3-6-15(18-10-4-2)13-20-16-9-8-14-7-5-11-19-17(14)12-16/h5,7-9,11-12,15,18H,3-4,6,10,13H2,1-2H3. The van der Waals surface area contributed by atoms with E-state index in [1.54, 1.807) is 0 Å². The average Bonchev–Trinajstić information content (AvgIpc) is 2.50. The number of aromatic nitrogens is 1. The van der Waals surface area contributed by atoms with E-state index in [0.717, 1.165) is 36.0 Å². The zero-order valence-corrected chi connectivity index (χ0v) is 12.4. The van der Waals surface area contributed by atoms with Gasteiger partial charge < -0.3 is 10.1 Å². The second-order valence-corrected chi connectivity index (χ2v) is 5.11. The molecule has 3 heteroatoms. The summed E-state index contributed by atoms with van der Waals surface area (Å²) in [4.78, 5) is 4.36. The highest BCUT2D eigenvalue weighted by atomic mass is 16.5. The molecule has 1 aromatic heterocycles. The van der Waals surface area contributed by atoms with Gasteiger partial charge in [-0.15, -0.1) is 0 Å². The molecule has 20 heavy (non-hydrogen) atoms. The first-order chi connectivity index (χ1) is 9.83. The first-order valence-electron chi connectivity index (χ1n) is 7.54. The van der Waals surface area contributed by atoms with Crippen LogP contribution in [0.1, 0.15) is 33.1 Å². The van der Waals surface area contributed by atoms with Crippen molar-refractivity contribution in [3.8, 4) is 5.75 Å². The van der Waals surface area contributed by atoms with Crippen LogP contribution in [0.4, 0.5) is 0 Å². The highest BCUT2D eigenvalue weighted by Gasteiger charge is 2.07. The van der Waals surface area contributed by atoms with Gasteiger partial charge in [0.15, 0.2) is 0 Å². The number of hydrogen-bond donors (Lipinski definition) is 1. The van der Waals surface area contributed by atoms with Gasteiger partial charge in [0.1, 0.15) is 12.4 Å². The third-order valence-electron chi connectivity index (χ3n) is 3.35. The Morgan fingerprint density at radius 1 is 1.20 bits per heavy atom. The highest BCUT2D eigenvalue weighted by Crippen LogP contribution is 2.19. The Kier molecular flexibility index (Phi) is 5.81. The first kappa shape index (κ1) is 14.8. The molecule has 0 aliphatic heterocycles. The Balaban J connectivity index is 1.96. The van der Waals surface area contributed by atoms with Gasteiger partial charge >= 0.3 is 0 Å². The fourth-order valence-corrected chi connectivity index (χ4v) is 2.27. The molecule has 1 heterocycles. The maximum absolute atomic E-state index is 5.92. The van der Waals surface area contributed by atoms with E-state index in [1.807, 2.05) is 24.4 Å². The van der Waals surface area contributed by atoms with Gasteiger partial charge in [0.05, 0.1) is 5.52 Å². The molecule has 0 saturated carbocycles. The SMILES string of the molecule is CCCNC(CCC)COc1ccc2cccnc2c1. The quantitative estimate of drug-likeness (QED) is 0.794. The summed E-state index contributed by atoms with van der Waals surface area (Å²) in [5.41, 5.74) is 0.985. The van der Waals surface area contributed by atoms with Gasteiger partial charge in [0.25, 0.3) is 0 Å². The van der Waals surface area contributed by atoms with E-state index in [-0.39, 0.29) is 0 Å². The number of nitrogens with one attached hydrogen (secondary N) is 1. The Morgan fingerprint density at radius 3 is 2.90 bits per heavy atom. The molecule has 1 atom stereocenters. The molecule has 0 aliphatic rings. The van der Waals surface area contributed by atoms with Crippen LogP contribution in [-0.4, -0.2) is 24.2 Å². The Bertz CT molecular complexity index is 527. The monoisotopic (exact) mass is 272 g/mol. The zero-order valence-electron chi connectivity index (χ0n) is 12.4. The second kappa shape index (κ2) is 7.85. The molecule has 0 saturated heterocycles. The summed E-state index contributed by atoms with van der Waals surface area (Å²) < 4.78 is 5.92. The van der Waals surface area contributed by atoms with Gasteiger partial charge in [-0.2, -0.15) is 0 Å². The van der Waals surface area contributed by atoms with E-state index in [1.165, 1.54) is 6.42 Å². The average molecular weight is 272 g/mol. The van der Waals surface area contributed by atoms with Crippen LogP contribution in [-0.2, 0) is 0 Å². The van der Waals surface area contributed by atoms with E-state index in [2.05, 4.69) is 36.3 Å². The van der Waals surface area contributed by atoms with Crippen LogP contribution in [0.2, 0.25) is 0 Å². The van der Waals surface area contributed by atoms with Crippen molar-refractivity contribution in [1.29, 1.82) is 0 Å². The molecule has 108 valence electrons. The molecule has 1 N–H and O–H groups in total. The molecule has 1 unspecified atom stereocenters. The molecule has 0 radical (unpaired) electrons. The van der Waals surface area contributed by atoms with Gasteiger partial charge in [-0.05, 0) is 37.6 Å². The minimum absolute atomic E-state index is 0.430. The molecule has 0 amide bonds. The van der Waals surface area contributed by atoms with Crippen LogP contribution in [0.25, 0.3) is 10.9 Å². The van der Waals surface area contributed by atoms with E-state index < -0.39 is 0 Å². The van der Waals surface area contributed by atoms with E-state index in [4.69, 9.17) is 4.74 Å². The number of fused-ring (bicyclic) bond motifs is 1. The first-order valence-corrected chi connectivity index (χ1v) is 7.54. The number of hydrogen-bond acceptors (Lipinski definition) is 3. The minimum atomic E-state index is 0.430. The predicted molar refractivity (Wildman–Crippen MR) is 84.2 cm³/mol. The van der Waals surface area contributed by atoms with E-state index in [9.17, 15) is 0 Å². The second-order valence-electron chi connectivity index (χ2n) is 5.11. The summed E-state index contributed by atoms with van der Waals surface area (Å²) in [7, 11) is 0. The van der Waals surface area contributed by atoms with Crippen molar-refractivity contribution in [1.82, 2.24) is 10.3 Å². The van der Waals surface area contributed by atoms with E-state index in [0.29, 0.717) is 12.6 Å². The van der Waals surface area contributed by atoms with Crippen molar-refractivity contribution in [2.45, 2.75) is 39.2 Å². The summed E-state index contributed by atoms with van der Waals surface area (Å²) in [5, 5.41) is 4.68. The predicted octanol–water partition coefficient (Wildman–Crippen LogP) is 3.78. The molecule has 0 bridgehead atoms. The number of benzene rings is 1. The fraction of sp³-hybridized carbons (Fsp3) is 0.471. The number of ether oxygens (including phenoxy) is 1. The molecule has 0 fully saturated rings. The number of pyridine rings is 1. The lowest BCUT2D eigenvalue weighted by Crippen LogP contribution is -2.35. The largest absolute Gasteiger partial charge is 0.492 e. The van der Waals surface area contributed by atoms with Crippen molar-refractivity contribution in [2.24, 2.45) is 0 Å². The van der Waals surface area contributed by atoms with Crippen molar-refractivity contribution < 1.29 is 4.74 Å². The van der Waals surface area contributed by atoms with Crippen LogP contribution in [0, 0.1) is 0 Å². The molecule has 1 aromatic carbocycles. The zero-order chi connectivity index (χ0) is 14.2. The van der Waals surface area contributed by atoms with Crippen LogP contribution in [0.5, 0.6) is 5.75 Å². The molecule has 0 spiro atoms. The summed E-state index contributed by atoms with van der Waals surface area (Å²) in [5.74, 6) is 0.899. The van der Waals surface area contributed by atoms with Gasteiger partial charge in [-0.1, -0.05) is 26.3 Å². The summed E-state index contributed by atoms with van der Waals surface area (Å²) in [6, 6.07) is 10.5. The van der Waals surface area contributed by atoms with Crippen molar-refractivity contribution in [3.05, 3.63) is 36.5 Å². The minimum Gasteiger partial charge on any atom is -0.492 e. The number of nitrogens with zero attached hydrogens (tertiary/aromatic N) is 1. The van der Waals surface area contributed by atoms with Gasteiger partial charge in [0.2, 0.25) is 0 Å². The topological polar surface area (TPSA) is 34.1 Å².